The Hall–Kier alpha value is -0.860. The van der Waals surface area contributed by atoms with E-state index in [9.17, 15) is 4.39 Å². The standard InChI is InChI=1S/C12H7BrClF/c13-10-7-8(5-6-12(10)15)9-3-1-2-4-11(9)14/h1-7H. The van der Waals surface area contributed by atoms with Crippen molar-refractivity contribution in [2.24, 2.45) is 0 Å². The third-order valence-electron chi connectivity index (χ3n) is 2.10. The van der Waals surface area contributed by atoms with E-state index in [1.165, 1.54) is 6.07 Å². The van der Waals surface area contributed by atoms with Gasteiger partial charge in [0.15, 0.2) is 0 Å². The van der Waals surface area contributed by atoms with E-state index >= 15 is 0 Å². The van der Waals surface area contributed by atoms with Crippen molar-refractivity contribution < 1.29 is 4.39 Å². The number of benzene rings is 2. The van der Waals surface area contributed by atoms with Crippen LogP contribution in [-0.2, 0) is 0 Å². The summed E-state index contributed by atoms with van der Waals surface area (Å²) < 4.78 is 13.5. The predicted molar refractivity (Wildman–Crippen MR) is 64.5 cm³/mol. The van der Waals surface area contributed by atoms with E-state index in [1.807, 2.05) is 24.3 Å². The van der Waals surface area contributed by atoms with E-state index < -0.39 is 0 Å². The van der Waals surface area contributed by atoms with Gasteiger partial charge < -0.3 is 0 Å². The lowest BCUT2D eigenvalue weighted by Crippen LogP contribution is -1.82. The van der Waals surface area contributed by atoms with Gasteiger partial charge in [0.25, 0.3) is 0 Å². The van der Waals surface area contributed by atoms with Crippen molar-refractivity contribution in [3.8, 4) is 11.1 Å². The maximum absolute atomic E-state index is 13.0. The van der Waals surface area contributed by atoms with Gasteiger partial charge in [-0.2, -0.15) is 0 Å². The lowest BCUT2D eigenvalue weighted by molar-refractivity contribution is 0.621. The summed E-state index contributed by atoms with van der Waals surface area (Å²) in [6, 6.07) is 12.3. The molecule has 0 N–H and O–H groups in total. The molecule has 0 aliphatic rings. The fourth-order valence-corrected chi connectivity index (χ4v) is 1.98. The van der Waals surface area contributed by atoms with Crippen LogP contribution in [0.15, 0.2) is 46.9 Å². The van der Waals surface area contributed by atoms with Gasteiger partial charge in [0.2, 0.25) is 0 Å². The second-order valence-corrected chi connectivity index (χ2v) is 4.37. The molecule has 0 aliphatic carbocycles. The second-order valence-electron chi connectivity index (χ2n) is 3.11. The first kappa shape index (κ1) is 10.7. The summed E-state index contributed by atoms with van der Waals surface area (Å²) in [4.78, 5) is 0. The highest BCUT2D eigenvalue weighted by Gasteiger charge is 2.05. The van der Waals surface area contributed by atoms with E-state index in [2.05, 4.69) is 15.9 Å². The Labute approximate surface area is 101 Å². The molecular formula is C12H7BrClF. The number of hydrogen-bond acceptors (Lipinski definition) is 0. The topological polar surface area (TPSA) is 0 Å². The van der Waals surface area contributed by atoms with Crippen LogP contribution in [-0.4, -0.2) is 0 Å². The highest BCUT2D eigenvalue weighted by Crippen LogP contribution is 2.30. The molecule has 15 heavy (non-hydrogen) atoms. The Kier molecular flexibility index (Phi) is 3.08. The quantitative estimate of drug-likeness (QED) is 0.698. The van der Waals surface area contributed by atoms with Crippen molar-refractivity contribution in [3.63, 3.8) is 0 Å². The molecule has 0 atom stereocenters. The van der Waals surface area contributed by atoms with E-state index in [4.69, 9.17) is 11.6 Å². The molecule has 0 nitrogen and oxygen atoms in total. The Morgan fingerprint density at radius 3 is 2.47 bits per heavy atom. The summed E-state index contributed by atoms with van der Waals surface area (Å²) in [6.07, 6.45) is 0. The minimum absolute atomic E-state index is 0.272. The zero-order valence-electron chi connectivity index (χ0n) is 7.68. The van der Waals surface area contributed by atoms with Gasteiger partial charge in [0.05, 0.1) is 4.47 Å². The molecule has 2 aromatic carbocycles. The van der Waals surface area contributed by atoms with Crippen LogP contribution in [0.25, 0.3) is 11.1 Å². The van der Waals surface area contributed by atoms with Crippen LogP contribution in [0.1, 0.15) is 0 Å². The SMILES string of the molecule is Fc1ccc(-c2ccccc2Cl)cc1Br. The second kappa shape index (κ2) is 4.33. The summed E-state index contributed by atoms with van der Waals surface area (Å²) in [6.45, 7) is 0. The van der Waals surface area contributed by atoms with Crippen LogP contribution in [0.5, 0.6) is 0 Å². The van der Waals surface area contributed by atoms with E-state index in [1.54, 1.807) is 12.1 Å². The third-order valence-corrected chi connectivity index (χ3v) is 3.04. The Morgan fingerprint density at radius 2 is 1.80 bits per heavy atom. The molecule has 0 aliphatic heterocycles. The average molecular weight is 286 g/mol. The van der Waals surface area contributed by atoms with Crippen LogP contribution >= 0.6 is 27.5 Å². The summed E-state index contributed by atoms with van der Waals surface area (Å²) in [5.74, 6) is -0.272. The van der Waals surface area contributed by atoms with Crippen molar-refractivity contribution in [3.05, 3.63) is 57.8 Å². The van der Waals surface area contributed by atoms with Crippen molar-refractivity contribution in [2.75, 3.05) is 0 Å². The molecule has 0 spiro atoms. The highest BCUT2D eigenvalue weighted by atomic mass is 79.9. The smallest absolute Gasteiger partial charge is 0.137 e. The zero-order chi connectivity index (χ0) is 10.8. The molecular weight excluding hydrogens is 278 g/mol. The Balaban J connectivity index is 2.55. The maximum Gasteiger partial charge on any atom is 0.137 e. The third kappa shape index (κ3) is 2.21. The van der Waals surface area contributed by atoms with Crippen LogP contribution < -0.4 is 0 Å². The number of halogens is 3. The van der Waals surface area contributed by atoms with E-state index in [-0.39, 0.29) is 5.82 Å². The average Bonchev–Trinajstić information content (AvgIpc) is 2.23. The van der Waals surface area contributed by atoms with Crippen LogP contribution in [0, 0.1) is 5.82 Å². The largest absolute Gasteiger partial charge is 0.206 e. The van der Waals surface area contributed by atoms with Crippen molar-refractivity contribution >= 4 is 27.5 Å². The highest BCUT2D eigenvalue weighted by molar-refractivity contribution is 9.10. The lowest BCUT2D eigenvalue weighted by atomic mass is 10.1. The van der Waals surface area contributed by atoms with Gasteiger partial charge >= 0.3 is 0 Å². The molecule has 0 radical (unpaired) electrons. The minimum Gasteiger partial charge on any atom is -0.206 e. The molecule has 76 valence electrons. The van der Waals surface area contributed by atoms with Gasteiger partial charge in [0.1, 0.15) is 5.82 Å². The molecule has 0 amide bonds. The Morgan fingerprint density at radius 1 is 1.07 bits per heavy atom. The molecule has 0 aromatic heterocycles. The van der Waals surface area contributed by atoms with Gasteiger partial charge in [-0.1, -0.05) is 35.9 Å². The van der Waals surface area contributed by atoms with E-state index in [0.717, 1.165) is 11.1 Å². The van der Waals surface area contributed by atoms with Gasteiger partial charge in [0, 0.05) is 10.6 Å². The number of hydrogen-bond donors (Lipinski definition) is 0. The summed E-state index contributed by atoms with van der Waals surface area (Å²) in [5, 5.41) is 0.663. The molecule has 2 rings (SSSR count). The van der Waals surface area contributed by atoms with Crippen LogP contribution in [0.4, 0.5) is 4.39 Å². The van der Waals surface area contributed by atoms with Crippen molar-refractivity contribution in [2.45, 2.75) is 0 Å². The van der Waals surface area contributed by atoms with Crippen LogP contribution in [0.3, 0.4) is 0 Å². The molecule has 0 unspecified atom stereocenters. The molecule has 0 saturated heterocycles. The van der Waals surface area contributed by atoms with Crippen molar-refractivity contribution in [1.29, 1.82) is 0 Å². The fraction of sp³-hybridized carbons (Fsp3) is 0. The maximum atomic E-state index is 13.0. The van der Waals surface area contributed by atoms with Gasteiger partial charge in [-0.25, -0.2) is 4.39 Å². The molecule has 0 saturated carbocycles. The summed E-state index contributed by atoms with van der Waals surface area (Å²) >= 11 is 9.19. The monoisotopic (exact) mass is 284 g/mol. The Bertz CT molecular complexity index is 497. The first-order chi connectivity index (χ1) is 7.18. The lowest BCUT2D eigenvalue weighted by Gasteiger charge is -2.04. The zero-order valence-corrected chi connectivity index (χ0v) is 10.0. The van der Waals surface area contributed by atoms with Crippen molar-refractivity contribution in [1.82, 2.24) is 0 Å². The normalized spacial score (nSPS) is 10.3. The minimum atomic E-state index is -0.272. The molecule has 0 heterocycles. The molecule has 0 bridgehead atoms. The van der Waals surface area contributed by atoms with Gasteiger partial charge in [-0.15, -0.1) is 0 Å². The van der Waals surface area contributed by atoms with Gasteiger partial charge in [-0.3, -0.25) is 0 Å². The summed E-state index contributed by atoms with van der Waals surface area (Å²) in [5.41, 5.74) is 1.80. The van der Waals surface area contributed by atoms with E-state index in [0.29, 0.717) is 9.50 Å². The van der Waals surface area contributed by atoms with Crippen LogP contribution in [0.2, 0.25) is 5.02 Å². The molecule has 2 aromatic rings. The molecule has 3 heteroatoms. The summed E-state index contributed by atoms with van der Waals surface area (Å²) in [7, 11) is 0. The fourth-order valence-electron chi connectivity index (χ4n) is 1.36. The first-order valence-electron chi connectivity index (χ1n) is 4.38. The van der Waals surface area contributed by atoms with Gasteiger partial charge in [-0.05, 0) is 39.7 Å². The molecule has 0 fully saturated rings. The first-order valence-corrected chi connectivity index (χ1v) is 5.55. The number of rotatable bonds is 1. The predicted octanol–water partition coefficient (Wildman–Crippen LogP) is 4.91.